The Morgan fingerprint density at radius 1 is 1.16 bits per heavy atom. The molecule has 1 nitrogen and oxygen atoms in total. The van der Waals surface area contributed by atoms with Crippen LogP contribution < -0.4 is 5.32 Å². The van der Waals surface area contributed by atoms with Gasteiger partial charge in [-0.05, 0) is 86.6 Å². The van der Waals surface area contributed by atoms with Gasteiger partial charge in [-0.25, -0.2) is 0 Å². The normalized spacial score (nSPS) is 41.6. The minimum atomic E-state index is 0.716. The molecule has 0 amide bonds. The third-order valence-corrected chi connectivity index (χ3v) is 7.03. The Hall–Kier alpha value is -0.340. The molecule has 4 bridgehead atoms. The first-order chi connectivity index (χ1) is 9.33. The summed E-state index contributed by atoms with van der Waals surface area (Å²) in [5, 5.41) is 5.90. The van der Waals surface area contributed by atoms with Crippen molar-refractivity contribution in [3.8, 4) is 0 Å². The fourth-order valence-electron chi connectivity index (χ4n) is 5.70. The lowest BCUT2D eigenvalue weighted by Gasteiger charge is -2.56. The second-order valence-electron chi connectivity index (χ2n) is 7.19. The lowest BCUT2D eigenvalue weighted by molar-refractivity contribution is -0.0506. The van der Waals surface area contributed by atoms with E-state index < -0.39 is 0 Å². The van der Waals surface area contributed by atoms with Crippen LogP contribution in [0.4, 0.5) is 0 Å². The summed E-state index contributed by atoms with van der Waals surface area (Å²) in [4.78, 5) is 1.56. The van der Waals surface area contributed by atoms with Gasteiger partial charge in [-0.3, -0.25) is 0 Å². The highest BCUT2D eigenvalue weighted by molar-refractivity contribution is 7.09. The van der Waals surface area contributed by atoms with Crippen LogP contribution >= 0.6 is 11.3 Å². The average molecular weight is 275 g/mol. The summed E-state index contributed by atoms with van der Waals surface area (Å²) in [5.41, 5.74) is 0. The first kappa shape index (κ1) is 12.4. The van der Waals surface area contributed by atoms with Crippen molar-refractivity contribution in [1.29, 1.82) is 0 Å². The lowest BCUT2D eigenvalue weighted by atomic mass is 9.50. The quantitative estimate of drug-likeness (QED) is 0.877. The molecule has 4 fully saturated rings. The second-order valence-corrected chi connectivity index (χ2v) is 8.22. The summed E-state index contributed by atoms with van der Waals surface area (Å²) < 4.78 is 0. The summed E-state index contributed by atoms with van der Waals surface area (Å²) in [7, 11) is 2.18. The minimum absolute atomic E-state index is 0.716. The largest absolute Gasteiger partial charge is 0.316 e. The van der Waals surface area contributed by atoms with Gasteiger partial charge in [0.25, 0.3) is 0 Å². The van der Waals surface area contributed by atoms with Crippen molar-refractivity contribution in [1.82, 2.24) is 5.32 Å². The highest BCUT2D eigenvalue weighted by Crippen LogP contribution is 2.57. The van der Waals surface area contributed by atoms with Crippen LogP contribution in [0, 0.1) is 29.6 Å². The molecule has 2 heteroatoms. The summed E-state index contributed by atoms with van der Waals surface area (Å²) >= 11 is 1.93. The zero-order chi connectivity index (χ0) is 12.8. The topological polar surface area (TPSA) is 12.0 Å². The summed E-state index contributed by atoms with van der Waals surface area (Å²) in [6.45, 7) is 0. The predicted octanol–water partition coefficient (Wildman–Crippen LogP) is 3.95. The molecule has 0 saturated heterocycles. The number of hydrogen-bond donors (Lipinski definition) is 1. The Morgan fingerprint density at radius 3 is 2.37 bits per heavy atom. The molecule has 1 atom stereocenters. The van der Waals surface area contributed by atoms with Crippen molar-refractivity contribution in [2.45, 2.75) is 44.6 Å². The molecule has 0 spiro atoms. The predicted molar refractivity (Wildman–Crippen MR) is 81.4 cm³/mol. The van der Waals surface area contributed by atoms with E-state index in [1.54, 1.807) is 37.0 Å². The molecule has 1 aromatic rings. The Morgan fingerprint density at radius 2 is 1.84 bits per heavy atom. The number of thiophene rings is 1. The molecule has 4 aliphatic carbocycles. The Kier molecular flexibility index (Phi) is 3.19. The van der Waals surface area contributed by atoms with Crippen molar-refractivity contribution in [3.63, 3.8) is 0 Å². The monoisotopic (exact) mass is 275 g/mol. The number of nitrogens with one attached hydrogen (secondary N) is 1. The van der Waals surface area contributed by atoms with Crippen LogP contribution in [0.1, 0.15) is 37.0 Å². The molecule has 1 heterocycles. The maximum absolute atomic E-state index is 3.67. The van der Waals surface area contributed by atoms with Crippen LogP contribution in [0.5, 0.6) is 0 Å². The maximum Gasteiger partial charge on any atom is 0.0146 e. The second kappa shape index (κ2) is 4.89. The molecule has 1 N–H and O–H groups in total. The third-order valence-electron chi connectivity index (χ3n) is 6.14. The van der Waals surface area contributed by atoms with E-state index in [9.17, 15) is 0 Å². The van der Waals surface area contributed by atoms with Crippen LogP contribution in [0.15, 0.2) is 17.5 Å². The van der Waals surface area contributed by atoms with Crippen LogP contribution in [0.3, 0.4) is 0 Å². The highest BCUT2D eigenvalue weighted by Gasteiger charge is 2.50. The molecule has 0 aromatic carbocycles. The number of hydrogen-bond acceptors (Lipinski definition) is 2. The van der Waals surface area contributed by atoms with Gasteiger partial charge in [-0.15, -0.1) is 11.3 Å². The summed E-state index contributed by atoms with van der Waals surface area (Å²) in [6, 6.07) is 5.22. The Bertz CT molecular complexity index is 396. The average Bonchev–Trinajstić information content (AvgIpc) is 2.89. The molecule has 5 rings (SSSR count). The van der Waals surface area contributed by atoms with Crippen molar-refractivity contribution in [2.24, 2.45) is 29.6 Å². The van der Waals surface area contributed by atoms with Gasteiger partial charge < -0.3 is 5.32 Å². The van der Waals surface area contributed by atoms with Crippen LogP contribution in [0.25, 0.3) is 0 Å². The molecule has 1 unspecified atom stereocenters. The van der Waals surface area contributed by atoms with Crippen molar-refractivity contribution >= 4 is 11.3 Å². The van der Waals surface area contributed by atoms with E-state index in [4.69, 9.17) is 0 Å². The van der Waals surface area contributed by atoms with Crippen molar-refractivity contribution in [2.75, 3.05) is 7.05 Å². The smallest absolute Gasteiger partial charge is 0.0146 e. The molecule has 4 saturated carbocycles. The highest BCUT2D eigenvalue weighted by atomic mass is 32.1. The molecule has 1 aromatic heterocycles. The molecule has 104 valence electrons. The van der Waals surface area contributed by atoms with Gasteiger partial charge in [0, 0.05) is 10.9 Å². The zero-order valence-electron chi connectivity index (χ0n) is 11.8. The summed E-state index contributed by atoms with van der Waals surface area (Å²) in [5.74, 6) is 5.22. The van der Waals surface area contributed by atoms with E-state index >= 15 is 0 Å². The van der Waals surface area contributed by atoms with Gasteiger partial charge in [0.05, 0.1) is 0 Å². The van der Waals surface area contributed by atoms with E-state index in [1.807, 2.05) is 11.3 Å². The Labute approximate surface area is 120 Å². The third kappa shape index (κ3) is 2.17. The van der Waals surface area contributed by atoms with Crippen LogP contribution in [-0.2, 0) is 6.42 Å². The van der Waals surface area contributed by atoms with Gasteiger partial charge >= 0.3 is 0 Å². The SMILES string of the molecule is CNC(Cc1cccs1)C1C2CC3CC(C2)CC1C3. The Balaban J connectivity index is 1.53. The fourth-order valence-corrected chi connectivity index (χ4v) is 6.47. The lowest BCUT2D eigenvalue weighted by Crippen LogP contribution is -2.53. The van der Waals surface area contributed by atoms with Gasteiger partial charge in [0.1, 0.15) is 0 Å². The molecule has 0 radical (unpaired) electrons. The van der Waals surface area contributed by atoms with Crippen LogP contribution in [-0.4, -0.2) is 13.1 Å². The van der Waals surface area contributed by atoms with Gasteiger partial charge in [0.15, 0.2) is 0 Å². The summed E-state index contributed by atoms with van der Waals surface area (Å²) in [6.07, 6.45) is 8.98. The molecular formula is C17H25NS. The molecular weight excluding hydrogens is 250 g/mol. The number of rotatable bonds is 4. The van der Waals surface area contributed by atoms with E-state index in [0.29, 0.717) is 6.04 Å². The van der Waals surface area contributed by atoms with Gasteiger partial charge in [-0.1, -0.05) is 6.07 Å². The van der Waals surface area contributed by atoms with Crippen molar-refractivity contribution in [3.05, 3.63) is 22.4 Å². The van der Waals surface area contributed by atoms with E-state index in [2.05, 4.69) is 29.9 Å². The zero-order valence-corrected chi connectivity index (χ0v) is 12.7. The standard InChI is InChI=1S/C17H25NS/c1-18-16(10-15-3-2-4-19-15)17-13-6-11-5-12(8-13)9-14(17)7-11/h2-4,11-14,16-18H,5-10H2,1H3. The van der Waals surface area contributed by atoms with E-state index in [1.165, 1.54) is 6.42 Å². The van der Waals surface area contributed by atoms with Crippen molar-refractivity contribution < 1.29 is 0 Å². The molecule has 0 aliphatic heterocycles. The fraction of sp³-hybridized carbons (Fsp3) is 0.765. The van der Waals surface area contributed by atoms with Crippen LogP contribution in [0.2, 0.25) is 0 Å². The maximum atomic E-state index is 3.67. The van der Waals surface area contributed by atoms with Gasteiger partial charge in [-0.2, -0.15) is 0 Å². The van der Waals surface area contributed by atoms with Gasteiger partial charge in [0.2, 0.25) is 0 Å². The molecule has 19 heavy (non-hydrogen) atoms. The van der Waals surface area contributed by atoms with E-state index in [-0.39, 0.29) is 0 Å². The minimum Gasteiger partial charge on any atom is -0.316 e. The first-order valence-corrected chi connectivity index (χ1v) is 8.91. The van der Waals surface area contributed by atoms with E-state index in [0.717, 1.165) is 29.6 Å². The molecule has 4 aliphatic rings. The number of likely N-dealkylation sites (N-methyl/N-ethyl adjacent to an activating group) is 1. The first-order valence-electron chi connectivity index (χ1n) is 8.03.